The van der Waals surface area contributed by atoms with Crippen molar-refractivity contribution in [3.05, 3.63) is 35.9 Å². The first kappa shape index (κ1) is 17.8. The molecule has 0 saturated carbocycles. The number of halogens is 1. The van der Waals surface area contributed by atoms with Gasteiger partial charge in [-0.2, -0.15) is 0 Å². The SMILES string of the molecule is CCCCCCCCCCCC(Br)Cc1ccccc1. The fourth-order valence-corrected chi connectivity index (χ4v) is 3.35. The summed E-state index contributed by atoms with van der Waals surface area (Å²) in [6.07, 6.45) is 15.2. The second kappa shape index (κ2) is 12.4. The molecule has 1 aromatic carbocycles. The van der Waals surface area contributed by atoms with Crippen molar-refractivity contribution in [3.63, 3.8) is 0 Å². The topological polar surface area (TPSA) is 0 Å². The van der Waals surface area contributed by atoms with Gasteiger partial charge in [0.05, 0.1) is 0 Å². The quantitative estimate of drug-likeness (QED) is 0.286. The summed E-state index contributed by atoms with van der Waals surface area (Å²) in [6, 6.07) is 10.8. The van der Waals surface area contributed by atoms with E-state index in [0.29, 0.717) is 4.83 Å². The fraction of sp³-hybridized carbons (Fsp3) is 0.684. The van der Waals surface area contributed by atoms with Gasteiger partial charge in [0, 0.05) is 4.83 Å². The van der Waals surface area contributed by atoms with E-state index < -0.39 is 0 Å². The van der Waals surface area contributed by atoms with Crippen molar-refractivity contribution in [1.82, 2.24) is 0 Å². The maximum absolute atomic E-state index is 3.83. The van der Waals surface area contributed by atoms with Crippen LogP contribution in [0.4, 0.5) is 0 Å². The summed E-state index contributed by atoms with van der Waals surface area (Å²) in [4.78, 5) is 0.648. The number of hydrogen-bond acceptors (Lipinski definition) is 0. The van der Waals surface area contributed by atoms with Gasteiger partial charge in [-0.15, -0.1) is 0 Å². The molecular formula is C19H31Br. The molecule has 0 bridgehead atoms. The normalized spacial score (nSPS) is 12.5. The van der Waals surface area contributed by atoms with Crippen LogP contribution in [0.3, 0.4) is 0 Å². The average molecular weight is 339 g/mol. The average Bonchev–Trinajstić information content (AvgIpc) is 2.46. The standard InChI is InChI=1S/C19H31Br/c1-2-3-4-5-6-7-8-9-13-16-19(20)17-18-14-11-10-12-15-18/h10-12,14-15,19H,2-9,13,16-17H2,1H3. The minimum absolute atomic E-state index is 0.648. The summed E-state index contributed by atoms with van der Waals surface area (Å²) < 4.78 is 0. The molecule has 20 heavy (non-hydrogen) atoms. The maximum Gasteiger partial charge on any atom is 0.0186 e. The monoisotopic (exact) mass is 338 g/mol. The smallest absolute Gasteiger partial charge is 0.0186 e. The lowest BCUT2D eigenvalue weighted by atomic mass is 10.0. The summed E-state index contributed by atoms with van der Waals surface area (Å²) in [5.41, 5.74) is 1.45. The van der Waals surface area contributed by atoms with Gasteiger partial charge in [-0.05, 0) is 18.4 Å². The second-order valence-electron chi connectivity index (χ2n) is 5.90. The zero-order chi connectivity index (χ0) is 14.5. The van der Waals surface area contributed by atoms with E-state index in [9.17, 15) is 0 Å². The van der Waals surface area contributed by atoms with Gasteiger partial charge in [-0.25, -0.2) is 0 Å². The first-order valence-electron chi connectivity index (χ1n) is 8.51. The Labute approximate surface area is 134 Å². The highest BCUT2D eigenvalue weighted by Crippen LogP contribution is 2.17. The third kappa shape index (κ3) is 9.58. The van der Waals surface area contributed by atoms with Crippen LogP contribution in [0.15, 0.2) is 30.3 Å². The lowest BCUT2D eigenvalue weighted by Crippen LogP contribution is -2.02. The summed E-state index contributed by atoms with van der Waals surface area (Å²) in [5.74, 6) is 0. The highest BCUT2D eigenvalue weighted by molar-refractivity contribution is 9.09. The van der Waals surface area contributed by atoms with E-state index >= 15 is 0 Å². The van der Waals surface area contributed by atoms with Gasteiger partial charge in [0.25, 0.3) is 0 Å². The van der Waals surface area contributed by atoms with Crippen molar-refractivity contribution in [2.75, 3.05) is 0 Å². The van der Waals surface area contributed by atoms with E-state index in [-0.39, 0.29) is 0 Å². The molecule has 1 unspecified atom stereocenters. The first-order chi connectivity index (χ1) is 9.83. The van der Waals surface area contributed by atoms with Crippen molar-refractivity contribution < 1.29 is 0 Å². The molecule has 1 atom stereocenters. The fourth-order valence-electron chi connectivity index (χ4n) is 2.65. The Morgan fingerprint density at radius 3 is 1.95 bits per heavy atom. The van der Waals surface area contributed by atoms with Gasteiger partial charge in [0.2, 0.25) is 0 Å². The van der Waals surface area contributed by atoms with E-state index in [1.54, 1.807) is 0 Å². The first-order valence-corrected chi connectivity index (χ1v) is 9.42. The van der Waals surface area contributed by atoms with Crippen LogP contribution in [0.2, 0.25) is 0 Å². The molecule has 114 valence electrons. The molecule has 1 rings (SSSR count). The van der Waals surface area contributed by atoms with Gasteiger partial charge in [0.15, 0.2) is 0 Å². The van der Waals surface area contributed by atoms with E-state index in [2.05, 4.69) is 53.2 Å². The lowest BCUT2D eigenvalue weighted by Gasteiger charge is -2.09. The van der Waals surface area contributed by atoms with E-state index in [1.807, 2.05) is 0 Å². The Balaban J connectivity index is 1.91. The minimum Gasteiger partial charge on any atom is -0.0887 e. The zero-order valence-electron chi connectivity index (χ0n) is 13.1. The highest BCUT2D eigenvalue weighted by atomic mass is 79.9. The Morgan fingerprint density at radius 1 is 0.800 bits per heavy atom. The van der Waals surface area contributed by atoms with Crippen LogP contribution in [0, 0.1) is 0 Å². The summed E-state index contributed by atoms with van der Waals surface area (Å²) in [5, 5.41) is 0. The van der Waals surface area contributed by atoms with Gasteiger partial charge in [0.1, 0.15) is 0 Å². The molecule has 0 aliphatic rings. The van der Waals surface area contributed by atoms with Crippen LogP contribution in [-0.4, -0.2) is 4.83 Å². The molecule has 1 aromatic rings. The minimum atomic E-state index is 0.648. The number of hydrogen-bond donors (Lipinski definition) is 0. The Kier molecular flexibility index (Phi) is 11.0. The Morgan fingerprint density at radius 2 is 1.35 bits per heavy atom. The Hall–Kier alpha value is -0.300. The molecule has 0 nitrogen and oxygen atoms in total. The molecule has 0 heterocycles. The number of benzene rings is 1. The van der Waals surface area contributed by atoms with Crippen molar-refractivity contribution in [1.29, 1.82) is 0 Å². The Bertz CT molecular complexity index is 307. The van der Waals surface area contributed by atoms with Crippen LogP contribution in [0.5, 0.6) is 0 Å². The van der Waals surface area contributed by atoms with Crippen molar-refractivity contribution in [2.24, 2.45) is 0 Å². The molecule has 0 aliphatic carbocycles. The van der Waals surface area contributed by atoms with Crippen LogP contribution >= 0.6 is 15.9 Å². The number of alkyl halides is 1. The molecule has 0 saturated heterocycles. The molecule has 0 radical (unpaired) electrons. The van der Waals surface area contributed by atoms with E-state index in [4.69, 9.17) is 0 Å². The van der Waals surface area contributed by atoms with Gasteiger partial charge < -0.3 is 0 Å². The molecule has 0 fully saturated rings. The molecule has 1 heteroatoms. The molecule has 0 spiro atoms. The maximum atomic E-state index is 3.83. The van der Waals surface area contributed by atoms with Gasteiger partial charge in [-0.3, -0.25) is 0 Å². The van der Waals surface area contributed by atoms with Gasteiger partial charge in [-0.1, -0.05) is 111 Å². The van der Waals surface area contributed by atoms with Crippen molar-refractivity contribution in [3.8, 4) is 0 Å². The third-order valence-corrected chi connectivity index (χ3v) is 4.70. The predicted molar refractivity (Wildman–Crippen MR) is 94.7 cm³/mol. The van der Waals surface area contributed by atoms with Crippen LogP contribution < -0.4 is 0 Å². The third-order valence-electron chi connectivity index (χ3n) is 3.92. The summed E-state index contributed by atoms with van der Waals surface area (Å²) >= 11 is 3.83. The lowest BCUT2D eigenvalue weighted by molar-refractivity contribution is 0.553. The van der Waals surface area contributed by atoms with E-state index in [1.165, 1.54) is 69.8 Å². The number of rotatable bonds is 12. The molecule has 0 amide bonds. The van der Waals surface area contributed by atoms with Crippen molar-refractivity contribution >= 4 is 15.9 Å². The predicted octanol–water partition coefficient (Wildman–Crippen LogP) is 6.91. The molecular weight excluding hydrogens is 308 g/mol. The largest absolute Gasteiger partial charge is 0.0887 e. The highest BCUT2D eigenvalue weighted by Gasteiger charge is 2.04. The summed E-state index contributed by atoms with van der Waals surface area (Å²) in [7, 11) is 0. The number of unbranched alkanes of at least 4 members (excludes halogenated alkanes) is 8. The van der Waals surface area contributed by atoms with Gasteiger partial charge >= 0.3 is 0 Å². The van der Waals surface area contributed by atoms with E-state index in [0.717, 1.165) is 6.42 Å². The van der Waals surface area contributed by atoms with Crippen LogP contribution in [0.25, 0.3) is 0 Å². The van der Waals surface area contributed by atoms with Crippen LogP contribution in [-0.2, 0) is 6.42 Å². The van der Waals surface area contributed by atoms with Crippen molar-refractivity contribution in [2.45, 2.75) is 82.4 Å². The molecule has 0 aliphatic heterocycles. The zero-order valence-corrected chi connectivity index (χ0v) is 14.7. The molecule has 0 aromatic heterocycles. The second-order valence-corrected chi connectivity index (χ2v) is 7.20. The molecule has 0 N–H and O–H groups in total. The van der Waals surface area contributed by atoms with Crippen LogP contribution in [0.1, 0.15) is 76.7 Å². The summed E-state index contributed by atoms with van der Waals surface area (Å²) in [6.45, 7) is 2.28.